The zero-order valence-electron chi connectivity index (χ0n) is 24.1. The first-order valence-electron chi connectivity index (χ1n) is 14.2. The van der Waals surface area contributed by atoms with Gasteiger partial charge in [0.05, 0.1) is 6.54 Å². The van der Waals surface area contributed by atoms with Gasteiger partial charge in [-0.3, -0.25) is 23.9 Å². The van der Waals surface area contributed by atoms with E-state index in [1.807, 2.05) is 6.07 Å². The molecule has 1 aliphatic heterocycles. The van der Waals surface area contributed by atoms with Crippen LogP contribution in [0.4, 0.5) is 24.5 Å². The van der Waals surface area contributed by atoms with Crippen LogP contribution in [0.3, 0.4) is 0 Å². The van der Waals surface area contributed by atoms with Gasteiger partial charge < -0.3 is 16.0 Å². The van der Waals surface area contributed by atoms with Crippen LogP contribution in [-0.2, 0) is 22.6 Å². The molecule has 0 saturated carbocycles. The van der Waals surface area contributed by atoms with Gasteiger partial charge in [0, 0.05) is 24.1 Å². The zero-order valence-corrected chi connectivity index (χ0v) is 24.9. The fourth-order valence-electron chi connectivity index (χ4n) is 4.99. The van der Waals surface area contributed by atoms with Crippen molar-refractivity contribution in [2.75, 3.05) is 36.8 Å². The Morgan fingerprint density at radius 2 is 1.80 bits per heavy atom. The van der Waals surface area contributed by atoms with Crippen LogP contribution < -0.4 is 30.7 Å². The van der Waals surface area contributed by atoms with Gasteiger partial charge in [-0.25, -0.2) is 0 Å². The van der Waals surface area contributed by atoms with Crippen molar-refractivity contribution in [2.24, 2.45) is 5.92 Å². The number of hydrogen-bond donors (Lipinski definition) is 3. The molecular weight excluding hydrogens is 593 g/mol. The van der Waals surface area contributed by atoms with E-state index in [9.17, 15) is 32.8 Å². The van der Waals surface area contributed by atoms with E-state index in [0.717, 1.165) is 48.3 Å². The molecule has 44 heavy (non-hydrogen) atoms. The molecule has 2 heterocycles. The molecule has 232 valence electrons. The molecule has 4 rings (SSSR count). The highest BCUT2D eigenvalue weighted by atomic mass is 32.1. The molecule has 1 fully saturated rings. The van der Waals surface area contributed by atoms with Gasteiger partial charge in [-0.1, -0.05) is 36.4 Å². The number of anilines is 2. The molecule has 0 aliphatic carbocycles. The second-order valence-electron chi connectivity index (χ2n) is 10.4. The number of amides is 2. The van der Waals surface area contributed by atoms with Crippen LogP contribution in [0.1, 0.15) is 25.3 Å². The summed E-state index contributed by atoms with van der Waals surface area (Å²) in [4.78, 5) is 40.1. The highest BCUT2D eigenvalue weighted by Gasteiger charge is 2.29. The lowest BCUT2D eigenvalue weighted by Crippen LogP contribution is -2.39. The molecule has 9 nitrogen and oxygen atoms in total. The van der Waals surface area contributed by atoms with Gasteiger partial charge in [-0.2, -0.15) is 18.4 Å². The number of likely N-dealkylation sites (tertiary alicyclic amines) is 1. The summed E-state index contributed by atoms with van der Waals surface area (Å²) in [6.45, 7) is 2.12. The van der Waals surface area contributed by atoms with Crippen molar-refractivity contribution in [1.29, 1.82) is 5.26 Å². The van der Waals surface area contributed by atoms with Crippen LogP contribution in [0.2, 0.25) is 0 Å². The number of rotatable bonds is 10. The minimum Gasteiger partial charge on any atom is -0.360 e. The number of hydrogen-bond acceptors (Lipinski definition) is 7. The van der Waals surface area contributed by atoms with E-state index in [1.54, 1.807) is 42.6 Å². The average molecular weight is 627 g/mol. The van der Waals surface area contributed by atoms with Gasteiger partial charge in [-0.15, -0.1) is 11.3 Å². The summed E-state index contributed by atoms with van der Waals surface area (Å²) >= 11 is 0.814. The summed E-state index contributed by atoms with van der Waals surface area (Å²) in [5.41, 5.74) is 1.37. The van der Waals surface area contributed by atoms with Gasteiger partial charge in [0.15, 0.2) is 5.57 Å². The van der Waals surface area contributed by atoms with Crippen molar-refractivity contribution in [3.05, 3.63) is 79.7 Å². The van der Waals surface area contributed by atoms with Gasteiger partial charge in [-0.05, 0) is 69.0 Å². The highest BCUT2D eigenvalue weighted by Crippen LogP contribution is 2.22. The van der Waals surface area contributed by atoms with Crippen LogP contribution in [0.15, 0.2) is 59.4 Å². The molecule has 3 N–H and O–H groups in total. The molecule has 0 bridgehead atoms. The Kier molecular flexibility index (Phi) is 11.0. The molecule has 1 saturated heterocycles. The number of carbonyl (C=O) groups excluding carboxylic acids is 2. The van der Waals surface area contributed by atoms with E-state index >= 15 is 0 Å². The van der Waals surface area contributed by atoms with E-state index in [-0.39, 0.29) is 28.2 Å². The average Bonchev–Trinajstić information content (AvgIpc) is 3.31. The summed E-state index contributed by atoms with van der Waals surface area (Å²) in [6.07, 6.45) is -0.134. The maximum absolute atomic E-state index is 12.9. The van der Waals surface area contributed by atoms with Gasteiger partial charge >= 0.3 is 6.18 Å². The summed E-state index contributed by atoms with van der Waals surface area (Å²) in [6, 6.07) is 18.9. The lowest BCUT2D eigenvalue weighted by atomic mass is 9.90. The van der Waals surface area contributed by atoms with Crippen LogP contribution >= 0.6 is 11.3 Å². The normalized spacial score (nSPS) is 15.4. The third-order valence-electron chi connectivity index (χ3n) is 7.18. The van der Waals surface area contributed by atoms with E-state index in [4.69, 9.17) is 0 Å². The van der Waals surface area contributed by atoms with E-state index in [0.29, 0.717) is 17.3 Å². The van der Waals surface area contributed by atoms with Crippen LogP contribution in [-0.4, -0.2) is 53.6 Å². The number of nitriles is 1. The summed E-state index contributed by atoms with van der Waals surface area (Å²) < 4.78 is 38.9. The first-order valence-corrected chi connectivity index (χ1v) is 15.0. The van der Waals surface area contributed by atoms with Crippen molar-refractivity contribution < 1.29 is 22.8 Å². The summed E-state index contributed by atoms with van der Waals surface area (Å²) in [5, 5.41) is 17.0. The summed E-state index contributed by atoms with van der Waals surface area (Å²) in [7, 11) is 0. The van der Waals surface area contributed by atoms with Crippen LogP contribution in [0, 0.1) is 17.2 Å². The molecule has 0 unspecified atom stereocenters. The predicted octanol–water partition coefficient (Wildman–Crippen LogP) is 3.03. The van der Waals surface area contributed by atoms with E-state index < -0.39 is 29.8 Å². The maximum Gasteiger partial charge on any atom is 0.405 e. The smallest absolute Gasteiger partial charge is 0.360 e. The second-order valence-corrected chi connectivity index (χ2v) is 11.5. The first-order chi connectivity index (χ1) is 21.1. The van der Waals surface area contributed by atoms with Gasteiger partial charge in [0.2, 0.25) is 5.91 Å². The van der Waals surface area contributed by atoms with Gasteiger partial charge in [0.25, 0.3) is 11.5 Å². The standard InChI is InChI=1S/C31H33F3N6O3S/c1-2-40-29(43)26(44-30(40)25(17-35)28(42)37-20-31(32,33)34)18-36-23-9-6-10-24(16-23)38-27(41)19-39-13-11-22(12-14-39)15-21-7-4-3-5-8-21/h3-10,16,18,22,36H,2,11-15,19-20H2,1H3,(H,37,42)(H,38,41)/b26-18+,30-25-. The zero-order chi connectivity index (χ0) is 31.7. The number of nitrogens with one attached hydrogen (secondary N) is 3. The fraction of sp³-hybridized carbons (Fsp3) is 0.355. The third kappa shape index (κ3) is 9.05. The lowest BCUT2D eigenvalue weighted by molar-refractivity contribution is -0.135. The van der Waals surface area contributed by atoms with Gasteiger partial charge in [0.1, 0.15) is 21.8 Å². The quantitative estimate of drug-likeness (QED) is 0.319. The molecule has 0 radical (unpaired) electrons. The van der Waals surface area contributed by atoms with Crippen LogP contribution in [0.25, 0.3) is 11.8 Å². The van der Waals surface area contributed by atoms with Crippen molar-refractivity contribution >= 4 is 46.3 Å². The Morgan fingerprint density at radius 3 is 2.45 bits per heavy atom. The Labute approximate surface area is 256 Å². The molecule has 0 spiro atoms. The number of thiazole rings is 1. The minimum atomic E-state index is -4.65. The van der Waals surface area contributed by atoms with Crippen molar-refractivity contribution in [2.45, 2.75) is 38.9 Å². The van der Waals surface area contributed by atoms with E-state index in [2.05, 4.69) is 39.8 Å². The molecule has 2 aromatic carbocycles. The van der Waals surface area contributed by atoms with Crippen molar-refractivity contribution in [3.63, 3.8) is 0 Å². The number of nitrogens with zero attached hydrogens (tertiary/aromatic N) is 3. The Balaban J connectivity index is 1.38. The number of piperidine rings is 1. The molecule has 1 aliphatic rings. The number of halogens is 3. The SMILES string of the molecule is CCn1c(=O)/c(=C\Nc2cccc(NC(=O)CN3CCC(Cc4ccccc4)CC3)c2)s/c1=C(/C#N)C(=O)NCC(F)(F)F. The Bertz CT molecular complexity index is 1690. The second kappa shape index (κ2) is 14.9. The molecule has 2 amide bonds. The Hall–Kier alpha value is -4.41. The first kappa shape index (κ1) is 32.5. The fourth-order valence-corrected chi connectivity index (χ4v) is 6.08. The monoisotopic (exact) mass is 626 g/mol. The largest absolute Gasteiger partial charge is 0.405 e. The van der Waals surface area contributed by atoms with Crippen LogP contribution in [0.5, 0.6) is 0 Å². The number of carbonyl (C=O) groups is 2. The predicted molar refractivity (Wildman–Crippen MR) is 164 cm³/mol. The molecular formula is C31H33F3N6O3S. The third-order valence-corrected chi connectivity index (χ3v) is 8.31. The van der Waals surface area contributed by atoms with Crippen molar-refractivity contribution in [3.8, 4) is 6.07 Å². The molecule has 13 heteroatoms. The Morgan fingerprint density at radius 1 is 1.09 bits per heavy atom. The molecule has 3 aromatic rings. The van der Waals surface area contributed by atoms with E-state index in [1.165, 1.54) is 11.8 Å². The number of alkyl halides is 3. The maximum atomic E-state index is 12.9. The minimum absolute atomic E-state index is 0.0437. The topological polar surface area (TPSA) is 119 Å². The summed E-state index contributed by atoms with van der Waals surface area (Å²) in [5.74, 6) is -0.745. The van der Waals surface area contributed by atoms with Crippen molar-refractivity contribution in [1.82, 2.24) is 14.8 Å². The number of aromatic nitrogens is 1. The molecule has 1 aromatic heterocycles. The molecule has 0 atom stereocenters. The highest BCUT2D eigenvalue weighted by molar-refractivity contribution is 7.07. The lowest BCUT2D eigenvalue weighted by Gasteiger charge is -2.31. The number of benzene rings is 2.